The third-order valence-electron chi connectivity index (χ3n) is 5.22. The van der Waals surface area contributed by atoms with Crippen molar-refractivity contribution in [2.75, 3.05) is 31.1 Å². The number of benzene rings is 1. The SMILES string of the molecule is Cc1ncsc1C(=O)N1CCC2(CC1)CN(c1ccccc1)C(=O)CO2. The molecule has 2 amide bonds. The molecule has 2 aliphatic heterocycles. The van der Waals surface area contributed by atoms with E-state index >= 15 is 0 Å². The van der Waals surface area contributed by atoms with Gasteiger partial charge in [-0.2, -0.15) is 0 Å². The number of thiazole rings is 1. The van der Waals surface area contributed by atoms with E-state index in [1.165, 1.54) is 11.3 Å². The number of morpholine rings is 1. The van der Waals surface area contributed by atoms with Crippen LogP contribution < -0.4 is 4.90 Å². The highest BCUT2D eigenvalue weighted by atomic mass is 32.1. The van der Waals surface area contributed by atoms with E-state index in [2.05, 4.69) is 4.98 Å². The molecule has 0 saturated carbocycles. The summed E-state index contributed by atoms with van der Waals surface area (Å²) in [5, 5.41) is 0. The summed E-state index contributed by atoms with van der Waals surface area (Å²) in [5.74, 6) is 0.0345. The maximum atomic E-state index is 12.7. The van der Waals surface area contributed by atoms with Gasteiger partial charge in [-0.1, -0.05) is 18.2 Å². The Morgan fingerprint density at radius 3 is 2.62 bits per heavy atom. The maximum Gasteiger partial charge on any atom is 0.265 e. The van der Waals surface area contributed by atoms with Crippen LogP contribution in [0.1, 0.15) is 28.2 Å². The number of rotatable bonds is 2. The van der Waals surface area contributed by atoms with E-state index in [1.54, 1.807) is 5.51 Å². The molecule has 6 nitrogen and oxygen atoms in total. The molecule has 4 rings (SSSR count). The summed E-state index contributed by atoms with van der Waals surface area (Å²) in [6.07, 6.45) is 1.46. The summed E-state index contributed by atoms with van der Waals surface area (Å²) < 4.78 is 5.97. The number of hydrogen-bond acceptors (Lipinski definition) is 5. The average Bonchev–Trinajstić information content (AvgIpc) is 3.11. The molecule has 1 spiro atoms. The standard InChI is InChI=1S/C19H21N3O3S/c1-14-17(26-13-20-14)18(24)21-9-7-19(8-10-21)12-22(16(23)11-25-19)15-5-3-2-4-6-15/h2-6,13H,7-12H2,1H3. The van der Waals surface area contributed by atoms with Crippen LogP contribution in [0.2, 0.25) is 0 Å². The molecule has 1 aromatic heterocycles. The van der Waals surface area contributed by atoms with E-state index in [9.17, 15) is 9.59 Å². The lowest BCUT2D eigenvalue weighted by atomic mass is 9.89. The summed E-state index contributed by atoms with van der Waals surface area (Å²) >= 11 is 1.39. The van der Waals surface area contributed by atoms with Gasteiger partial charge in [-0.25, -0.2) is 4.98 Å². The van der Waals surface area contributed by atoms with Crippen molar-refractivity contribution in [2.45, 2.75) is 25.4 Å². The van der Waals surface area contributed by atoms with Gasteiger partial charge in [0, 0.05) is 18.8 Å². The molecule has 26 heavy (non-hydrogen) atoms. The number of carbonyl (C=O) groups is 2. The first-order chi connectivity index (χ1) is 12.6. The summed E-state index contributed by atoms with van der Waals surface area (Å²) in [5.41, 5.74) is 3.03. The molecule has 136 valence electrons. The smallest absolute Gasteiger partial charge is 0.265 e. The van der Waals surface area contributed by atoms with Gasteiger partial charge in [-0.3, -0.25) is 9.59 Å². The van der Waals surface area contributed by atoms with Crippen LogP contribution in [0, 0.1) is 6.92 Å². The topological polar surface area (TPSA) is 62.7 Å². The van der Waals surface area contributed by atoms with E-state index in [-0.39, 0.29) is 24.0 Å². The van der Waals surface area contributed by atoms with Crippen molar-refractivity contribution in [3.8, 4) is 0 Å². The molecule has 0 atom stereocenters. The molecule has 0 bridgehead atoms. The average molecular weight is 371 g/mol. The van der Waals surface area contributed by atoms with Crippen LogP contribution in [0.4, 0.5) is 5.69 Å². The Morgan fingerprint density at radius 1 is 1.23 bits per heavy atom. The maximum absolute atomic E-state index is 12.7. The van der Waals surface area contributed by atoms with Crippen LogP contribution in [-0.2, 0) is 9.53 Å². The van der Waals surface area contributed by atoms with E-state index in [0.717, 1.165) is 24.2 Å². The number of aromatic nitrogens is 1. The fourth-order valence-corrected chi connectivity index (χ4v) is 4.40. The number of para-hydroxylation sites is 1. The van der Waals surface area contributed by atoms with Gasteiger partial charge in [0.15, 0.2) is 0 Å². The Labute approximate surface area is 156 Å². The summed E-state index contributed by atoms with van der Waals surface area (Å²) in [4.78, 5) is 33.6. The quantitative estimate of drug-likeness (QED) is 0.814. The van der Waals surface area contributed by atoms with E-state index < -0.39 is 0 Å². The summed E-state index contributed by atoms with van der Waals surface area (Å²) in [6, 6.07) is 9.70. The summed E-state index contributed by atoms with van der Waals surface area (Å²) in [7, 11) is 0. The van der Waals surface area contributed by atoms with Gasteiger partial charge in [0.2, 0.25) is 0 Å². The number of aryl methyl sites for hydroxylation is 1. The van der Waals surface area contributed by atoms with Crippen LogP contribution in [-0.4, -0.2) is 53.5 Å². The number of amides is 2. The number of nitrogens with zero attached hydrogens (tertiary/aromatic N) is 3. The van der Waals surface area contributed by atoms with E-state index in [4.69, 9.17) is 4.74 Å². The molecule has 3 heterocycles. The van der Waals surface area contributed by atoms with Crippen LogP contribution in [0.15, 0.2) is 35.8 Å². The first-order valence-corrected chi connectivity index (χ1v) is 9.65. The predicted octanol–water partition coefficient (Wildman–Crippen LogP) is 2.49. The van der Waals surface area contributed by atoms with Crippen molar-refractivity contribution in [1.82, 2.24) is 9.88 Å². The molecular formula is C19H21N3O3S. The van der Waals surface area contributed by atoms with Crippen LogP contribution in [0.3, 0.4) is 0 Å². The fourth-order valence-electron chi connectivity index (χ4n) is 3.63. The molecule has 0 aliphatic carbocycles. The van der Waals surface area contributed by atoms with Crippen molar-refractivity contribution in [3.05, 3.63) is 46.4 Å². The first-order valence-electron chi connectivity index (χ1n) is 8.77. The van der Waals surface area contributed by atoms with Crippen LogP contribution >= 0.6 is 11.3 Å². The van der Waals surface area contributed by atoms with Gasteiger partial charge in [0.1, 0.15) is 11.5 Å². The van der Waals surface area contributed by atoms with Crippen molar-refractivity contribution in [2.24, 2.45) is 0 Å². The highest BCUT2D eigenvalue weighted by Crippen LogP contribution is 2.33. The number of anilines is 1. The van der Waals surface area contributed by atoms with Gasteiger partial charge >= 0.3 is 0 Å². The summed E-state index contributed by atoms with van der Waals surface area (Å²) in [6.45, 7) is 3.76. The number of piperidine rings is 1. The highest BCUT2D eigenvalue weighted by molar-refractivity contribution is 7.11. The van der Waals surface area contributed by atoms with Gasteiger partial charge < -0.3 is 14.5 Å². The normalized spacial score (nSPS) is 19.8. The fraction of sp³-hybridized carbons (Fsp3) is 0.421. The van der Waals surface area contributed by atoms with E-state index in [1.807, 2.05) is 47.1 Å². The van der Waals surface area contributed by atoms with Crippen LogP contribution in [0.5, 0.6) is 0 Å². The monoisotopic (exact) mass is 371 g/mol. The highest BCUT2D eigenvalue weighted by Gasteiger charge is 2.43. The largest absolute Gasteiger partial charge is 0.363 e. The Bertz CT molecular complexity index is 812. The third kappa shape index (κ3) is 3.12. The van der Waals surface area contributed by atoms with Crippen molar-refractivity contribution >= 4 is 28.8 Å². The number of likely N-dealkylation sites (tertiary alicyclic amines) is 1. The molecule has 0 unspecified atom stereocenters. The molecule has 0 N–H and O–H groups in total. The Kier molecular flexibility index (Phi) is 4.50. The second-order valence-corrected chi connectivity index (χ2v) is 7.70. The van der Waals surface area contributed by atoms with Gasteiger partial charge in [-0.05, 0) is 31.9 Å². The van der Waals surface area contributed by atoms with Gasteiger partial charge in [0.05, 0.1) is 23.4 Å². The second-order valence-electron chi connectivity index (χ2n) is 6.85. The second kappa shape index (κ2) is 6.81. The van der Waals surface area contributed by atoms with Crippen molar-refractivity contribution < 1.29 is 14.3 Å². The molecule has 0 radical (unpaired) electrons. The molecular weight excluding hydrogens is 350 g/mol. The minimum atomic E-state index is -0.372. The van der Waals surface area contributed by atoms with Crippen LogP contribution in [0.25, 0.3) is 0 Å². The van der Waals surface area contributed by atoms with Crippen molar-refractivity contribution in [3.63, 3.8) is 0 Å². The molecule has 2 aliphatic rings. The predicted molar refractivity (Wildman–Crippen MR) is 99.5 cm³/mol. The minimum absolute atomic E-state index is 0.0133. The molecule has 7 heteroatoms. The molecule has 2 fully saturated rings. The zero-order valence-electron chi connectivity index (χ0n) is 14.7. The Hall–Kier alpha value is -2.25. The minimum Gasteiger partial charge on any atom is -0.363 e. The zero-order valence-corrected chi connectivity index (χ0v) is 15.5. The van der Waals surface area contributed by atoms with Gasteiger partial charge in [-0.15, -0.1) is 11.3 Å². The van der Waals surface area contributed by atoms with Gasteiger partial charge in [0.25, 0.3) is 11.8 Å². The molecule has 2 saturated heterocycles. The lowest BCUT2D eigenvalue weighted by Crippen LogP contribution is -2.59. The lowest BCUT2D eigenvalue weighted by Gasteiger charge is -2.46. The van der Waals surface area contributed by atoms with E-state index in [0.29, 0.717) is 24.5 Å². The third-order valence-corrected chi connectivity index (χ3v) is 6.14. The number of carbonyl (C=O) groups excluding carboxylic acids is 2. The lowest BCUT2D eigenvalue weighted by molar-refractivity contribution is -0.143. The Balaban J connectivity index is 1.45. The Morgan fingerprint density at radius 2 is 1.96 bits per heavy atom. The molecule has 2 aromatic rings. The number of ether oxygens (including phenoxy) is 1. The number of hydrogen-bond donors (Lipinski definition) is 0. The molecule has 1 aromatic carbocycles. The van der Waals surface area contributed by atoms with Crippen molar-refractivity contribution in [1.29, 1.82) is 0 Å². The zero-order chi connectivity index (χ0) is 18.1. The first kappa shape index (κ1) is 17.2.